The lowest BCUT2D eigenvalue weighted by molar-refractivity contribution is -0.603. The Bertz CT molecular complexity index is 853. The molecule has 0 aliphatic heterocycles. The Morgan fingerprint density at radius 3 is 0.933 bits per heavy atom. The third-order valence-electron chi connectivity index (χ3n) is 6.26. The Morgan fingerprint density at radius 1 is 0.467 bits per heavy atom. The van der Waals surface area contributed by atoms with Gasteiger partial charge >= 0.3 is 42.4 Å². The van der Waals surface area contributed by atoms with Gasteiger partial charge in [-0.1, -0.05) is 65.8 Å². The number of hydrogen-bond acceptors (Lipinski definition) is 0. The quantitative estimate of drug-likeness (QED) is 0.332. The lowest BCUT2D eigenvalue weighted by atomic mass is 9.82. The fourth-order valence-electron chi connectivity index (χ4n) is 3.14. The van der Waals surface area contributed by atoms with Crippen LogP contribution < -0.4 is 42.4 Å². The number of benzene rings is 3. The first-order chi connectivity index (χ1) is 14.2. The molecular weight excluding hydrogens is 590 g/mol. The highest BCUT2D eigenvalue weighted by Gasteiger charge is 2.23. The van der Waals surface area contributed by atoms with Crippen LogP contribution >= 0.6 is 0 Å². The molecule has 0 aliphatic carbocycles. The van der Waals surface area contributed by atoms with Gasteiger partial charge in [0, 0.05) is 0 Å². The van der Waals surface area contributed by atoms with Crippen molar-refractivity contribution in [2.75, 3.05) is 0 Å². The fourth-order valence-corrected chi connectivity index (χ4v) is 7.46. The Morgan fingerprint density at radius 2 is 0.700 bits per heavy atom. The van der Waals surface area contributed by atoms with Gasteiger partial charge in [0.25, 0.3) is 0 Å². The van der Waals surface area contributed by atoms with Crippen LogP contribution in [-0.4, -0.2) is 0 Å². The molecule has 3 aromatic rings. The van der Waals surface area contributed by atoms with Gasteiger partial charge in [-0.15, -0.1) is 0 Å². The van der Waals surface area contributed by atoms with Crippen LogP contribution in [0.2, 0.25) is 0 Å². The molecule has 0 amide bonds. The standard InChI is InChI=1S/C28H34I2/c1-7-27(3,4)21-9-13-23(14-10-21)29-25-17-19-26(20-18-25)30-24-15-11-22(12-16-24)28(5,6)8-2/h9-20H,7-8H2,1-6H3/q+2. The zero-order chi connectivity index (χ0) is 21.8. The van der Waals surface area contributed by atoms with Crippen LogP contribution in [0.1, 0.15) is 65.5 Å². The predicted molar refractivity (Wildman–Crippen MR) is 121 cm³/mol. The third-order valence-corrected chi connectivity index (χ3v) is 11.6. The first-order valence-corrected chi connectivity index (χ1v) is 15.2. The fraction of sp³-hybridized carbons (Fsp3) is 0.357. The first kappa shape index (κ1) is 23.8. The van der Waals surface area contributed by atoms with Gasteiger partial charge in [-0.25, -0.2) is 0 Å². The van der Waals surface area contributed by atoms with Gasteiger partial charge in [0.15, 0.2) is 14.3 Å². The van der Waals surface area contributed by atoms with Crippen molar-refractivity contribution in [3.05, 3.63) is 98.2 Å². The maximum absolute atomic E-state index is 2.36. The summed E-state index contributed by atoms with van der Waals surface area (Å²) in [6, 6.07) is 28.2. The van der Waals surface area contributed by atoms with E-state index in [0.717, 1.165) is 0 Å². The van der Waals surface area contributed by atoms with Crippen molar-refractivity contribution in [1.29, 1.82) is 0 Å². The van der Waals surface area contributed by atoms with Gasteiger partial charge in [0.1, 0.15) is 0 Å². The molecule has 2 heteroatoms. The minimum Gasteiger partial charge on any atom is -0.0646 e. The van der Waals surface area contributed by atoms with Crippen LogP contribution in [0.4, 0.5) is 0 Å². The molecule has 0 fully saturated rings. The van der Waals surface area contributed by atoms with Crippen molar-refractivity contribution in [2.24, 2.45) is 0 Å². The van der Waals surface area contributed by atoms with E-state index in [1.807, 2.05) is 0 Å². The van der Waals surface area contributed by atoms with E-state index >= 15 is 0 Å². The second-order valence-electron chi connectivity index (χ2n) is 9.11. The molecule has 0 atom stereocenters. The highest BCUT2D eigenvalue weighted by molar-refractivity contribution is 5.24. The molecule has 0 bridgehead atoms. The van der Waals surface area contributed by atoms with E-state index in [9.17, 15) is 0 Å². The van der Waals surface area contributed by atoms with Gasteiger partial charge in [-0.05, 0) is 83.3 Å². The molecule has 0 heterocycles. The summed E-state index contributed by atoms with van der Waals surface area (Å²) in [5, 5.41) is 0. The van der Waals surface area contributed by atoms with E-state index in [1.54, 1.807) is 0 Å². The number of rotatable bonds is 8. The zero-order valence-electron chi connectivity index (χ0n) is 19.1. The second kappa shape index (κ2) is 10.2. The van der Waals surface area contributed by atoms with Crippen molar-refractivity contribution >= 4 is 0 Å². The minimum absolute atomic E-state index is 0.106. The summed E-state index contributed by atoms with van der Waals surface area (Å²) >= 11 is -0.212. The molecule has 0 spiro atoms. The molecule has 0 unspecified atom stereocenters. The molecule has 0 saturated carbocycles. The smallest absolute Gasteiger partial charge is 0.0646 e. The van der Waals surface area contributed by atoms with E-state index in [-0.39, 0.29) is 53.2 Å². The van der Waals surface area contributed by atoms with Crippen LogP contribution in [0.25, 0.3) is 0 Å². The van der Waals surface area contributed by atoms with Gasteiger partial charge in [-0.2, -0.15) is 0 Å². The Labute approximate surface area is 204 Å². The van der Waals surface area contributed by atoms with Crippen LogP contribution in [0.3, 0.4) is 0 Å². The zero-order valence-corrected chi connectivity index (χ0v) is 23.4. The molecule has 0 N–H and O–H groups in total. The summed E-state index contributed by atoms with van der Waals surface area (Å²) in [6.07, 6.45) is 2.34. The summed E-state index contributed by atoms with van der Waals surface area (Å²) in [5.41, 5.74) is 3.44. The van der Waals surface area contributed by atoms with Crippen molar-refractivity contribution in [2.45, 2.75) is 65.2 Å². The minimum atomic E-state index is -0.106. The van der Waals surface area contributed by atoms with Gasteiger partial charge in [0.2, 0.25) is 0 Å². The molecule has 0 aromatic heterocycles. The molecule has 0 saturated heterocycles. The van der Waals surface area contributed by atoms with Crippen LogP contribution in [0.5, 0.6) is 0 Å². The average molecular weight is 624 g/mol. The molecule has 0 nitrogen and oxygen atoms in total. The molecule has 30 heavy (non-hydrogen) atoms. The van der Waals surface area contributed by atoms with Crippen LogP contribution in [0, 0.1) is 14.3 Å². The normalized spacial score (nSPS) is 12.2. The van der Waals surface area contributed by atoms with E-state index in [4.69, 9.17) is 0 Å². The van der Waals surface area contributed by atoms with Crippen molar-refractivity contribution < 1.29 is 42.4 Å². The molecule has 158 valence electrons. The lowest BCUT2D eigenvalue weighted by Crippen LogP contribution is -3.62. The highest BCUT2D eigenvalue weighted by atomic mass is 127. The van der Waals surface area contributed by atoms with Gasteiger partial charge in [-0.3, -0.25) is 0 Å². The predicted octanol–water partition coefficient (Wildman–Crippen LogP) is 1.32. The summed E-state index contributed by atoms with van der Waals surface area (Å²) in [4.78, 5) is 0. The Balaban J connectivity index is 1.63. The van der Waals surface area contributed by atoms with Crippen molar-refractivity contribution in [1.82, 2.24) is 0 Å². The van der Waals surface area contributed by atoms with Crippen LogP contribution in [0.15, 0.2) is 72.8 Å². The monoisotopic (exact) mass is 624 g/mol. The molecule has 3 rings (SSSR count). The van der Waals surface area contributed by atoms with E-state index in [1.165, 1.54) is 38.2 Å². The summed E-state index contributed by atoms with van der Waals surface area (Å²) < 4.78 is 6.01. The van der Waals surface area contributed by atoms with Crippen molar-refractivity contribution in [3.8, 4) is 0 Å². The summed E-state index contributed by atoms with van der Waals surface area (Å²) in [7, 11) is 0. The molecule has 0 aliphatic rings. The van der Waals surface area contributed by atoms with E-state index < -0.39 is 0 Å². The van der Waals surface area contributed by atoms with Gasteiger partial charge < -0.3 is 0 Å². The summed E-state index contributed by atoms with van der Waals surface area (Å²) in [5.74, 6) is 0. The highest BCUT2D eigenvalue weighted by Crippen LogP contribution is 2.26. The first-order valence-electron chi connectivity index (χ1n) is 10.8. The van der Waals surface area contributed by atoms with Gasteiger partial charge in [0.05, 0.1) is 0 Å². The average Bonchev–Trinajstić information content (AvgIpc) is 2.76. The Kier molecular flexibility index (Phi) is 8.05. The SMILES string of the molecule is CCC(C)(C)c1ccc([I+]c2ccc([I+]c3ccc(C(C)(C)CC)cc3)cc2)cc1. The molecular formula is C28H34I2+2. The number of hydrogen-bond donors (Lipinski definition) is 0. The topological polar surface area (TPSA) is 0 Å². The largest absolute Gasteiger partial charge is 0.357 e. The van der Waals surface area contributed by atoms with E-state index in [0.29, 0.717) is 0 Å². The van der Waals surface area contributed by atoms with Crippen LogP contribution in [-0.2, 0) is 10.8 Å². The number of halogens is 2. The summed E-state index contributed by atoms with van der Waals surface area (Å²) in [6.45, 7) is 13.9. The van der Waals surface area contributed by atoms with E-state index in [2.05, 4.69) is 114 Å². The maximum Gasteiger partial charge on any atom is 0.357 e. The van der Waals surface area contributed by atoms with Crippen molar-refractivity contribution in [3.63, 3.8) is 0 Å². The Hall–Kier alpha value is -0.880. The lowest BCUT2D eigenvalue weighted by Gasteiger charge is -2.22. The molecule has 3 aromatic carbocycles. The molecule has 0 radical (unpaired) electrons. The maximum atomic E-state index is 2.36. The third kappa shape index (κ3) is 6.09. The second-order valence-corrected chi connectivity index (χ2v) is 15.2.